The van der Waals surface area contributed by atoms with Crippen LogP contribution < -0.4 is 15.8 Å². The van der Waals surface area contributed by atoms with Crippen molar-refractivity contribution >= 4 is 44.1 Å². The number of ether oxygens (including phenoxy) is 2. The van der Waals surface area contributed by atoms with Crippen molar-refractivity contribution in [3.63, 3.8) is 0 Å². The van der Waals surface area contributed by atoms with E-state index in [1.165, 1.54) is 35.7 Å². The molecule has 0 unspecified atom stereocenters. The number of sulfonamides is 1. The first-order chi connectivity index (χ1) is 14.7. The van der Waals surface area contributed by atoms with Gasteiger partial charge in [-0.2, -0.15) is 4.31 Å². The molecule has 10 nitrogen and oxygen atoms in total. The number of benzene rings is 1. The molecule has 2 amide bonds. The highest BCUT2D eigenvalue weighted by Gasteiger charge is 2.31. The molecular weight excluding hydrogens is 446 g/mol. The van der Waals surface area contributed by atoms with Gasteiger partial charge in [-0.1, -0.05) is 0 Å². The molecule has 1 aliphatic heterocycles. The molecule has 2 aromatic rings. The van der Waals surface area contributed by atoms with Crippen molar-refractivity contribution in [2.24, 2.45) is 5.73 Å². The SMILES string of the molecule is COc1ccc(C(=O)OCC(=O)Nc2sccc2C(N)=O)cc1S(=O)(=O)N1CCCC1. The van der Waals surface area contributed by atoms with Crippen LogP contribution in [0.2, 0.25) is 0 Å². The minimum absolute atomic E-state index is 0.0414. The summed E-state index contributed by atoms with van der Waals surface area (Å²) >= 11 is 1.10. The van der Waals surface area contributed by atoms with Crippen molar-refractivity contribution < 1.29 is 32.3 Å². The molecule has 1 aliphatic rings. The molecule has 31 heavy (non-hydrogen) atoms. The normalized spacial score (nSPS) is 14.2. The summed E-state index contributed by atoms with van der Waals surface area (Å²) in [7, 11) is -2.50. The molecule has 2 heterocycles. The van der Waals surface area contributed by atoms with Crippen LogP contribution in [-0.2, 0) is 19.6 Å². The molecule has 3 N–H and O–H groups in total. The Hall–Kier alpha value is -2.96. The Balaban J connectivity index is 1.71. The second kappa shape index (κ2) is 9.45. The third-order valence-electron chi connectivity index (χ3n) is 4.60. The van der Waals surface area contributed by atoms with Gasteiger partial charge in [0.15, 0.2) is 6.61 Å². The summed E-state index contributed by atoms with van der Waals surface area (Å²) in [5.41, 5.74) is 5.33. The van der Waals surface area contributed by atoms with Gasteiger partial charge in [-0.25, -0.2) is 13.2 Å². The molecule has 1 saturated heterocycles. The Morgan fingerprint density at radius 1 is 1.19 bits per heavy atom. The number of hydrogen-bond donors (Lipinski definition) is 2. The molecule has 12 heteroatoms. The lowest BCUT2D eigenvalue weighted by molar-refractivity contribution is -0.119. The Labute approximate surface area is 183 Å². The molecule has 1 aromatic carbocycles. The van der Waals surface area contributed by atoms with Gasteiger partial charge in [0.25, 0.3) is 11.8 Å². The molecule has 0 radical (unpaired) electrons. The lowest BCUT2D eigenvalue weighted by atomic mass is 10.2. The van der Waals surface area contributed by atoms with Crippen molar-refractivity contribution in [2.45, 2.75) is 17.7 Å². The Morgan fingerprint density at radius 3 is 2.55 bits per heavy atom. The van der Waals surface area contributed by atoms with Gasteiger partial charge in [0.1, 0.15) is 15.6 Å². The van der Waals surface area contributed by atoms with Crippen LogP contribution in [0.1, 0.15) is 33.6 Å². The third-order valence-corrected chi connectivity index (χ3v) is 7.35. The van der Waals surface area contributed by atoms with E-state index in [1.807, 2.05) is 0 Å². The maximum atomic E-state index is 12.9. The van der Waals surface area contributed by atoms with Crippen LogP contribution in [0.15, 0.2) is 34.5 Å². The maximum absolute atomic E-state index is 12.9. The van der Waals surface area contributed by atoms with Gasteiger partial charge in [-0.05, 0) is 42.5 Å². The van der Waals surface area contributed by atoms with E-state index in [2.05, 4.69) is 5.32 Å². The van der Waals surface area contributed by atoms with E-state index < -0.39 is 34.4 Å². The number of methoxy groups -OCH3 is 1. The van der Waals surface area contributed by atoms with E-state index in [0.29, 0.717) is 13.1 Å². The second-order valence-corrected chi connectivity index (χ2v) is 9.45. The molecule has 0 aliphatic carbocycles. The van der Waals surface area contributed by atoms with Crippen LogP contribution in [0, 0.1) is 0 Å². The first kappa shape index (κ1) is 22.7. The van der Waals surface area contributed by atoms with E-state index in [4.69, 9.17) is 15.2 Å². The van der Waals surface area contributed by atoms with E-state index in [-0.39, 0.29) is 26.8 Å². The first-order valence-corrected chi connectivity index (χ1v) is 11.6. The summed E-state index contributed by atoms with van der Waals surface area (Å²) in [6.45, 7) is 0.169. The molecule has 1 fully saturated rings. The molecular formula is C19H21N3O7S2. The van der Waals surface area contributed by atoms with Gasteiger partial charge in [-0.15, -0.1) is 11.3 Å². The Bertz CT molecular complexity index is 1110. The fraction of sp³-hybridized carbons (Fsp3) is 0.316. The van der Waals surface area contributed by atoms with Crippen molar-refractivity contribution in [2.75, 3.05) is 32.1 Å². The van der Waals surface area contributed by atoms with Gasteiger partial charge >= 0.3 is 5.97 Å². The number of carbonyl (C=O) groups excluding carboxylic acids is 3. The fourth-order valence-corrected chi connectivity index (χ4v) is 5.56. The quantitative estimate of drug-likeness (QED) is 0.559. The van der Waals surface area contributed by atoms with Crippen LogP contribution >= 0.6 is 11.3 Å². The van der Waals surface area contributed by atoms with Crippen LogP contribution in [0.3, 0.4) is 0 Å². The van der Waals surface area contributed by atoms with E-state index in [9.17, 15) is 22.8 Å². The number of nitrogens with zero attached hydrogens (tertiary/aromatic N) is 1. The zero-order valence-corrected chi connectivity index (χ0v) is 18.3. The Kier molecular flexibility index (Phi) is 6.93. The molecule has 0 saturated carbocycles. The summed E-state index contributed by atoms with van der Waals surface area (Å²) in [5.74, 6) is -2.13. The fourth-order valence-electron chi connectivity index (χ4n) is 3.05. The van der Waals surface area contributed by atoms with E-state index >= 15 is 0 Å². The lowest BCUT2D eigenvalue weighted by Crippen LogP contribution is -2.28. The standard InChI is InChI=1S/C19H21N3O7S2/c1-28-14-5-4-12(10-15(14)31(26,27)22-7-2-3-8-22)19(25)29-11-16(23)21-18-13(17(20)24)6-9-30-18/h4-6,9-10H,2-3,7-8,11H2,1H3,(H2,20,24)(H,21,23). The summed E-state index contributed by atoms with van der Waals surface area (Å²) in [6.07, 6.45) is 1.53. The highest BCUT2D eigenvalue weighted by molar-refractivity contribution is 7.89. The van der Waals surface area contributed by atoms with Gasteiger partial charge in [0, 0.05) is 13.1 Å². The number of primary amides is 1. The minimum Gasteiger partial charge on any atom is -0.495 e. The van der Waals surface area contributed by atoms with Crippen LogP contribution in [0.4, 0.5) is 5.00 Å². The van der Waals surface area contributed by atoms with Crippen molar-refractivity contribution in [1.82, 2.24) is 4.31 Å². The number of carbonyl (C=O) groups is 3. The molecule has 3 rings (SSSR count). The summed E-state index contributed by atoms with van der Waals surface area (Å²) in [5, 5.41) is 4.28. The number of thiophene rings is 1. The maximum Gasteiger partial charge on any atom is 0.338 e. The van der Waals surface area contributed by atoms with Crippen LogP contribution in [0.25, 0.3) is 0 Å². The number of anilines is 1. The minimum atomic E-state index is -3.84. The molecule has 166 valence electrons. The van der Waals surface area contributed by atoms with E-state index in [0.717, 1.165) is 24.2 Å². The summed E-state index contributed by atoms with van der Waals surface area (Å²) < 4.78 is 37.3. The van der Waals surface area contributed by atoms with Crippen molar-refractivity contribution in [3.05, 3.63) is 40.8 Å². The van der Waals surface area contributed by atoms with Crippen LogP contribution in [0.5, 0.6) is 5.75 Å². The monoisotopic (exact) mass is 467 g/mol. The number of nitrogens with one attached hydrogen (secondary N) is 1. The smallest absolute Gasteiger partial charge is 0.338 e. The predicted molar refractivity (Wildman–Crippen MR) is 113 cm³/mol. The highest BCUT2D eigenvalue weighted by Crippen LogP contribution is 2.30. The molecule has 1 aromatic heterocycles. The summed E-state index contributed by atoms with van der Waals surface area (Å²) in [4.78, 5) is 35.6. The van der Waals surface area contributed by atoms with Gasteiger partial charge in [-0.3, -0.25) is 9.59 Å². The van der Waals surface area contributed by atoms with Crippen molar-refractivity contribution in [1.29, 1.82) is 0 Å². The third kappa shape index (κ3) is 5.03. The largest absolute Gasteiger partial charge is 0.495 e. The van der Waals surface area contributed by atoms with Crippen molar-refractivity contribution in [3.8, 4) is 5.75 Å². The number of amides is 2. The average molecular weight is 468 g/mol. The topological polar surface area (TPSA) is 145 Å². The molecule has 0 bridgehead atoms. The predicted octanol–water partition coefficient (Wildman–Crippen LogP) is 1.44. The number of rotatable bonds is 8. The zero-order chi connectivity index (χ0) is 22.6. The number of nitrogens with two attached hydrogens (primary N) is 1. The van der Waals surface area contributed by atoms with E-state index in [1.54, 1.807) is 5.38 Å². The lowest BCUT2D eigenvalue weighted by Gasteiger charge is -2.18. The summed E-state index contributed by atoms with van der Waals surface area (Å²) in [6, 6.07) is 5.36. The van der Waals surface area contributed by atoms with Gasteiger partial charge in [0.05, 0.1) is 18.2 Å². The number of esters is 1. The highest BCUT2D eigenvalue weighted by atomic mass is 32.2. The van der Waals surface area contributed by atoms with Gasteiger partial charge in [0.2, 0.25) is 10.0 Å². The number of hydrogen-bond acceptors (Lipinski definition) is 8. The zero-order valence-electron chi connectivity index (χ0n) is 16.6. The van der Waals surface area contributed by atoms with Crippen LogP contribution in [-0.4, -0.2) is 57.3 Å². The second-order valence-electron chi connectivity index (χ2n) is 6.63. The molecule has 0 atom stereocenters. The first-order valence-electron chi connectivity index (χ1n) is 9.26. The average Bonchev–Trinajstić information content (AvgIpc) is 3.44. The molecule has 0 spiro atoms. The Morgan fingerprint density at radius 2 is 1.90 bits per heavy atom. The van der Waals surface area contributed by atoms with Gasteiger partial charge < -0.3 is 20.5 Å².